The largest absolute Gasteiger partial charge is 0.383 e. The van der Waals surface area contributed by atoms with E-state index < -0.39 is 8.07 Å². The van der Waals surface area contributed by atoms with Gasteiger partial charge in [-0.25, -0.2) is 4.98 Å². The van der Waals surface area contributed by atoms with E-state index >= 15 is 0 Å². The van der Waals surface area contributed by atoms with Crippen LogP contribution in [-0.2, 0) is 0 Å². The number of halogens is 1. The standard InChI is InChI=1S/C11H15BrN2Si/c1-8-9(5-6-15(2,3)4)11(13)14-7-10(8)12/h7H,1-4H3,(H2,13,14). The number of pyridine rings is 1. The van der Waals surface area contributed by atoms with Gasteiger partial charge < -0.3 is 5.73 Å². The van der Waals surface area contributed by atoms with Crippen molar-refractivity contribution >= 4 is 29.8 Å². The third kappa shape index (κ3) is 3.36. The number of nitrogens with zero attached hydrogens (tertiary/aromatic N) is 1. The van der Waals surface area contributed by atoms with Gasteiger partial charge in [-0.05, 0) is 28.4 Å². The Balaban J connectivity index is 3.25. The van der Waals surface area contributed by atoms with E-state index in [1.54, 1.807) is 6.20 Å². The molecule has 0 saturated carbocycles. The number of rotatable bonds is 0. The zero-order chi connectivity index (χ0) is 11.6. The van der Waals surface area contributed by atoms with Crippen LogP contribution in [0.15, 0.2) is 10.7 Å². The predicted octanol–water partition coefficient (Wildman–Crippen LogP) is 2.96. The maximum Gasteiger partial charge on any atom is 0.139 e. The summed E-state index contributed by atoms with van der Waals surface area (Å²) in [6, 6.07) is 0. The van der Waals surface area contributed by atoms with Gasteiger partial charge in [-0.3, -0.25) is 0 Å². The highest BCUT2D eigenvalue weighted by Crippen LogP contribution is 2.21. The second-order valence-corrected chi connectivity index (χ2v) is 10.1. The molecule has 0 fully saturated rings. The summed E-state index contributed by atoms with van der Waals surface area (Å²) in [6.45, 7) is 8.61. The summed E-state index contributed by atoms with van der Waals surface area (Å²) in [7, 11) is -1.36. The van der Waals surface area contributed by atoms with Crippen LogP contribution in [0.2, 0.25) is 19.6 Å². The highest BCUT2D eigenvalue weighted by atomic mass is 79.9. The van der Waals surface area contributed by atoms with Crippen molar-refractivity contribution in [3.8, 4) is 11.5 Å². The van der Waals surface area contributed by atoms with Gasteiger partial charge in [-0.1, -0.05) is 25.6 Å². The molecule has 2 N–H and O–H groups in total. The van der Waals surface area contributed by atoms with Crippen LogP contribution in [0.5, 0.6) is 0 Å². The van der Waals surface area contributed by atoms with Crippen molar-refractivity contribution in [1.82, 2.24) is 4.98 Å². The van der Waals surface area contributed by atoms with Crippen molar-refractivity contribution < 1.29 is 0 Å². The number of hydrogen-bond acceptors (Lipinski definition) is 2. The summed E-state index contributed by atoms with van der Waals surface area (Å²) >= 11 is 3.43. The zero-order valence-electron chi connectivity index (χ0n) is 9.48. The van der Waals surface area contributed by atoms with Gasteiger partial charge in [0.05, 0.1) is 5.56 Å². The Kier molecular flexibility index (Phi) is 3.58. The second-order valence-electron chi connectivity index (χ2n) is 4.49. The normalized spacial score (nSPS) is 10.7. The van der Waals surface area contributed by atoms with E-state index in [2.05, 4.69) is 52.0 Å². The summed E-state index contributed by atoms with van der Waals surface area (Å²) < 4.78 is 0.955. The van der Waals surface area contributed by atoms with E-state index in [4.69, 9.17) is 5.73 Å². The van der Waals surface area contributed by atoms with Crippen LogP contribution >= 0.6 is 15.9 Å². The second kappa shape index (κ2) is 4.38. The van der Waals surface area contributed by atoms with Gasteiger partial charge in [0.15, 0.2) is 0 Å². The molecule has 80 valence electrons. The van der Waals surface area contributed by atoms with Gasteiger partial charge in [0.2, 0.25) is 0 Å². The Morgan fingerprint density at radius 2 is 2.00 bits per heavy atom. The summed E-state index contributed by atoms with van der Waals surface area (Å²) in [5, 5.41) is 0. The topological polar surface area (TPSA) is 38.9 Å². The molecule has 1 aromatic heterocycles. The Morgan fingerprint density at radius 3 is 2.53 bits per heavy atom. The molecule has 0 atom stereocenters. The molecule has 0 bridgehead atoms. The molecular formula is C11H15BrN2Si. The molecular weight excluding hydrogens is 268 g/mol. The molecule has 0 spiro atoms. The number of nitrogens with two attached hydrogens (primary N) is 1. The summed E-state index contributed by atoms with van der Waals surface area (Å²) in [6.07, 6.45) is 1.71. The van der Waals surface area contributed by atoms with Crippen LogP contribution in [0, 0.1) is 18.4 Å². The third-order valence-electron chi connectivity index (χ3n) is 1.87. The van der Waals surface area contributed by atoms with Crippen LogP contribution in [-0.4, -0.2) is 13.1 Å². The van der Waals surface area contributed by atoms with Crippen LogP contribution < -0.4 is 5.73 Å². The predicted molar refractivity (Wildman–Crippen MR) is 71.3 cm³/mol. The first-order valence-corrected chi connectivity index (χ1v) is 9.04. The van der Waals surface area contributed by atoms with E-state index in [-0.39, 0.29) is 0 Å². The molecule has 0 aromatic carbocycles. The van der Waals surface area contributed by atoms with Crippen molar-refractivity contribution in [2.24, 2.45) is 0 Å². The summed E-state index contributed by atoms with van der Waals surface area (Å²) in [4.78, 5) is 4.08. The lowest BCUT2D eigenvalue weighted by molar-refractivity contribution is 1.25. The van der Waals surface area contributed by atoms with Crippen LogP contribution in [0.1, 0.15) is 11.1 Å². The minimum Gasteiger partial charge on any atom is -0.383 e. The lowest BCUT2D eigenvalue weighted by atomic mass is 10.1. The highest BCUT2D eigenvalue weighted by Gasteiger charge is 2.09. The lowest BCUT2D eigenvalue weighted by Crippen LogP contribution is -2.16. The average molecular weight is 283 g/mol. The summed E-state index contributed by atoms with van der Waals surface area (Å²) in [5.74, 6) is 3.67. The van der Waals surface area contributed by atoms with Crippen LogP contribution in [0.25, 0.3) is 0 Å². The van der Waals surface area contributed by atoms with Crippen molar-refractivity contribution in [2.45, 2.75) is 26.6 Å². The number of aromatic nitrogens is 1. The molecule has 1 rings (SSSR count). The zero-order valence-corrected chi connectivity index (χ0v) is 12.1. The Labute approximate surface area is 100 Å². The maximum atomic E-state index is 5.80. The van der Waals surface area contributed by atoms with Gasteiger partial charge in [-0.15, -0.1) is 5.54 Å². The van der Waals surface area contributed by atoms with Crippen molar-refractivity contribution in [3.05, 3.63) is 21.8 Å². The highest BCUT2D eigenvalue weighted by molar-refractivity contribution is 9.10. The minimum absolute atomic E-state index is 0.515. The van der Waals surface area contributed by atoms with Crippen LogP contribution in [0.3, 0.4) is 0 Å². The Hall–Kier alpha value is -0.793. The van der Waals surface area contributed by atoms with Gasteiger partial charge >= 0.3 is 0 Å². The van der Waals surface area contributed by atoms with Gasteiger partial charge in [0, 0.05) is 10.7 Å². The first-order chi connectivity index (χ1) is 6.81. The maximum absolute atomic E-state index is 5.80. The fraction of sp³-hybridized carbons (Fsp3) is 0.364. The SMILES string of the molecule is Cc1c(Br)cnc(N)c1C#C[Si](C)(C)C. The van der Waals surface area contributed by atoms with E-state index in [0.717, 1.165) is 15.6 Å². The van der Waals surface area contributed by atoms with Gasteiger partial charge in [0.25, 0.3) is 0 Å². The van der Waals surface area contributed by atoms with E-state index in [1.165, 1.54) is 0 Å². The van der Waals surface area contributed by atoms with Crippen LogP contribution in [0.4, 0.5) is 5.82 Å². The van der Waals surface area contributed by atoms with Crippen molar-refractivity contribution in [3.63, 3.8) is 0 Å². The Morgan fingerprint density at radius 1 is 1.40 bits per heavy atom. The lowest BCUT2D eigenvalue weighted by Gasteiger charge is -2.06. The first-order valence-electron chi connectivity index (χ1n) is 4.75. The average Bonchev–Trinajstić information content (AvgIpc) is 2.10. The van der Waals surface area contributed by atoms with Gasteiger partial charge in [0.1, 0.15) is 13.9 Å². The molecule has 4 heteroatoms. The fourth-order valence-electron chi connectivity index (χ4n) is 1.01. The molecule has 2 nitrogen and oxygen atoms in total. The molecule has 0 aliphatic rings. The molecule has 0 unspecified atom stereocenters. The quantitative estimate of drug-likeness (QED) is 0.587. The molecule has 1 aromatic rings. The monoisotopic (exact) mass is 282 g/mol. The van der Waals surface area contributed by atoms with Crippen molar-refractivity contribution in [1.29, 1.82) is 0 Å². The van der Waals surface area contributed by atoms with E-state index in [9.17, 15) is 0 Å². The fourth-order valence-corrected chi connectivity index (χ4v) is 1.81. The molecule has 15 heavy (non-hydrogen) atoms. The van der Waals surface area contributed by atoms with Crippen molar-refractivity contribution in [2.75, 3.05) is 5.73 Å². The smallest absolute Gasteiger partial charge is 0.139 e. The van der Waals surface area contributed by atoms with Gasteiger partial charge in [-0.2, -0.15) is 0 Å². The number of nitrogen functional groups attached to an aromatic ring is 1. The molecule has 0 amide bonds. The number of anilines is 1. The molecule has 0 radical (unpaired) electrons. The molecule has 0 aliphatic heterocycles. The molecule has 0 saturated heterocycles. The molecule has 1 heterocycles. The summed E-state index contributed by atoms with van der Waals surface area (Å²) in [5.41, 5.74) is 11.0. The minimum atomic E-state index is -1.36. The first kappa shape index (κ1) is 12.3. The Bertz CT molecular complexity index is 438. The van der Waals surface area contributed by atoms with E-state index in [0.29, 0.717) is 5.82 Å². The van der Waals surface area contributed by atoms with E-state index in [1.807, 2.05) is 6.92 Å². The number of hydrogen-bond donors (Lipinski definition) is 1. The third-order valence-corrected chi connectivity index (χ3v) is 3.54. The molecule has 0 aliphatic carbocycles.